The van der Waals surface area contributed by atoms with Gasteiger partial charge in [-0.3, -0.25) is 0 Å². The monoisotopic (exact) mass is 205 g/mol. The van der Waals surface area contributed by atoms with E-state index in [1.165, 1.54) is 16.7 Å². The van der Waals surface area contributed by atoms with Crippen LogP contribution in [0.3, 0.4) is 0 Å². The molecule has 0 aromatic heterocycles. The third-order valence-electron chi connectivity index (χ3n) is 2.89. The van der Waals surface area contributed by atoms with E-state index in [1.807, 2.05) is 0 Å². The van der Waals surface area contributed by atoms with Crippen LogP contribution in [0, 0.1) is 0 Å². The lowest BCUT2D eigenvalue weighted by atomic mass is 9.89. The Hall–Kier alpha value is -0.820. The second kappa shape index (κ2) is 4.80. The molecular weight excluding hydrogens is 182 g/mol. The number of benzene rings is 1. The summed E-state index contributed by atoms with van der Waals surface area (Å²) in [5.74, 6) is 1.13. The van der Waals surface area contributed by atoms with Crippen LogP contribution < -0.4 is 5.73 Å². The zero-order valence-electron chi connectivity index (χ0n) is 10.5. The van der Waals surface area contributed by atoms with Gasteiger partial charge < -0.3 is 5.73 Å². The van der Waals surface area contributed by atoms with E-state index < -0.39 is 0 Å². The summed E-state index contributed by atoms with van der Waals surface area (Å²) in [6, 6.07) is 6.84. The highest BCUT2D eigenvalue weighted by molar-refractivity contribution is 5.37. The van der Waals surface area contributed by atoms with Crippen molar-refractivity contribution < 1.29 is 0 Å². The molecule has 1 aromatic rings. The van der Waals surface area contributed by atoms with Crippen LogP contribution in [0.4, 0.5) is 0 Å². The quantitative estimate of drug-likeness (QED) is 0.794. The molecule has 0 spiro atoms. The van der Waals surface area contributed by atoms with E-state index in [0.29, 0.717) is 11.8 Å². The Morgan fingerprint density at radius 2 is 1.47 bits per heavy atom. The summed E-state index contributed by atoms with van der Waals surface area (Å²) < 4.78 is 0. The third kappa shape index (κ3) is 2.82. The Morgan fingerprint density at radius 1 is 0.867 bits per heavy atom. The fourth-order valence-corrected chi connectivity index (χ4v) is 1.87. The maximum Gasteiger partial charge on any atom is 0.0268 e. The van der Waals surface area contributed by atoms with Crippen molar-refractivity contribution in [1.82, 2.24) is 0 Å². The van der Waals surface area contributed by atoms with E-state index in [2.05, 4.69) is 52.8 Å². The highest BCUT2D eigenvalue weighted by atomic mass is 14.6. The molecule has 1 heteroatoms. The molecule has 0 aliphatic rings. The summed E-state index contributed by atoms with van der Waals surface area (Å²) in [6.45, 7) is 11.0. The molecule has 0 fully saturated rings. The minimum atomic E-state index is 0.128. The second-order valence-electron chi connectivity index (χ2n) is 4.99. The van der Waals surface area contributed by atoms with Gasteiger partial charge in [0.15, 0.2) is 0 Å². The molecule has 1 atom stereocenters. The summed E-state index contributed by atoms with van der Waals surface area (Å²) in [5.41, 5.74) is 10.1. The minimum Gasteiger partial charge on any atom is -0.324 e. The molecule has 2 N–H and O–H groups in total. The minimum absolute atomic E-state index is 0.128. The smallest absolute Gasteiger partial charge is 0.0268 e. The van der Waals surface area contributed by atoms with Crippen LogP contribution in [0.25, 0.3) is 0 Å². The van der Waals surface area contributed by atoms with Gasteiger partial charge in [-0.1, -0.05) is 45.9 Å². The standard InChI is InChI=1S/C14H23N/c1-9(2)12-6-7-13(11(5)15)14(8-12)10(3)4/h6-11H,15H2,1-5H3/t11-/m0/s1. The maximum absolute atomic E-state index is 5.98. The maximum atomic E-state index is 5.98. The van der Waals surface area contributed by atoms with Gasteiger partial charge in [0.2, 0.25) is 0 Å². The molecule has 0 saturated heterocycles. The lowest BCUT2D eigenvalue weighted by molar-refractivity contribution is 0.757. The first-order chi connectivity index (χ1) is 6.93. The topological polar surface area (TPSA) is 26.0 Å². The van der Waals surface area contributed by atoms with Crippen LogP contribution in [-0.4, -0.2) is 0 Å². The highest BCUT2D eigenvalue weighted by Crippen LogP contribution is 2.27. The fourth-order valence-electron chi connectivity index (χ4n) is 1.87. The molecule has 0 aliphatic carbocycles. The number of nitrogens with two attached hydrogens (primary N) is 1. The van der Waals surface area contributed by atoms with Crippen molar-refractivity contribution in [2.75, 3.05) is 0 Å². The molecular formula is C14H23N. The SMILES string of the molecule is CC(C)c1ccc([C@H](C)N)c(C(C)C)c1. The van der Waals surface area contributed by atoms with E-state index in [1.54, 1.807) is 0 Å². The molecule has 0 radical (unpaired) electrons. The predicted molar refractivity (Wildman–Crippen MR) is 67.2 cm³/mol. The normalized spacial score (nSPS) is 13.6. The number of hydrogen-bond acceptors (Lipinski definition) is 1. The Morgan fingerprint density at radius 3 is 1.87 bits per heavy atom. The molecule has 15 heavy (non-hydrogen) atoms. The van der Waals surface area contributed by atoms with Gasteiger partial charge in [-0.15, -0.1) is 0 Å². The summed E-state index contributed by atoms with van der Waals surface area (Å²) in [6.07, 6.45) is 0. The van der Waals surface area contributed by atoms with Gasteiger partial charge >= 0.3 is 0 Å². The Labute approximate surface area is 93.7 Å². The van der Waals surface area contributed by atoms with Gasteiger partial charge in [0, 0.05) is 6.04 Å². The average molecular weight is 205 g/mol. The van der Waals surface area contributed by atoms with E-state index in [9.17, 15) is 0 Å². The molecule has 0 amide bonds. The third-order valence-corrected chi connectivity index (χ3v) is 2.89. The lowest BCUT2D eigenvalue weighted by Gasteiger charge is -2.18. The predicted octanol–water partition coefficient (Wildman–Crippen LogP) is 3.95. The van der Waals surface area contributed by atoms with Gasteiger partial charge in [0.05, 0.1) is 0 Å². The molecule has 1 rings (SSSR count). The van der Waals surface area contributed by atoms with Crippen LogP contribution >= 0.6 is 0 Å². The van der Waals surface area contributed by atoms with E-state index in [-0.39, 0.29) is 6.04 Å². The van der Waals surface area contributed by atoms with Gasteiger partial charge in [-0.25, -0.2) is 0 Å². The molecule has 0 saturated carbocycles. The summed E-state index contributed by atoms with van der Waals surface area (Å²) in [4.78, 5) is 0. The van der Waals surface area contributed by atoms with Gasteiger partial charge in [0.25, 0.3) is 0 Å². The average Bonchev–Trinajstić information content (AvgIpc) is 2.16. The van der Waals surface area contributed by atoms with Gasteiger partial charge in [-0.05, 0) is 35.4 Å². The van der Waals surface area contributed by atoms with Crippen molar-refractivity contribution in [2.24, 2.45) is 5.73 Å². The first-order valence-corrected chi connectivity index (χ1v) is 5.82. The number of hydrogen-bond donors (Lipinski definition) is 1. The summed E-state index contributed by atoms with van der Waals surface area (Å²) in [5, 5.41) is 0. The van der Waals surface area contributed by atoms with E-state index >= 15 is 0 Å². The molecule has 84 valence electrons. The van der Waals surface area contributed by atoms with Gasteiger partial charge in [0.1, 0.15) is 0 Å². The molecule has 0 heterocycles. The number of rotatable bonds is 3. The van der Waals surface area contributed by atoms with Crippen molar-refractivity contribution in [1.29, 1.82) is 0 Å². The lowest BCUT2D eigenvalue weighted by Crippen LogP contribution is -2.10. The molecule has 0 bridgehead atoms. The molecule has 0 unspecified atom stereocenters. The Kier molecular flexibility index (Phi) is 3.92. The Balaban J connectivity index is 3.21. The molecule has 0 aliphatic heterocycles. The summed E-state index contributed by atoms with van der Waals surface area (Å²) >= 11 is 0. The first kappa shape index (κ1) is 12.3. The molecule has 1 aromatic carbocycles. The fraction of sp³-hybridized carbons (Fsp3) is 0.571. The van der Waals surface area contributed by atoms with Crippen molar-refractivity contribution in [3.63, 3.8) is 0 Å². The van der Waals surface area contributed by atoms with Crippen LogP contribution in [0.2, 0.25) is 0 Å². The Bertz CT molecular complexity index is 324. The van der Waals surface area contributed by atoms with Crippen LogP contribution in [0.5, 0.6) is 0 Å². The zero-order valence-corrected chi connectivity index (χ0v) is 10.5. The van der Waals surface area contributed by atoms with Crippen molar-refractivity contribution in [2.45, 2.75) is 52.5 Å². The van der Waals surface area contributed by atoms with Crippen molar-refractivity contribution in [3.8, 4) is 0 Å². The summed E-state index contributed by atoms with van der Waals surface area (Å²) in [7, 11) is 0. The van der Waals surface area contributed by atoms with Crippen molar-refractivity contribution in [3.05, 3.63) is 34.9 Å². The van der Waals surface area contributed by atoms with Crippen molar-refractivity contribution >= 4 is 0 Å². The van der Waals surface area contributed by atoms with E-state index in [4.69, 9.17) is 5.73 Å². The molecule has 1 nitrogen and oxygen atoms in total. The van der Waals surface area contributed by atoms with Crippen LogP contribution in [-0.2, 0) is 0 Å². The van der Waals surface area contributed by atoms with Crippen LogP contribution in [0.1, 0.15) is 69.2 Å². The highest BCUT2D eigenvalue weighted by Gasteiger charge is 2.11. The largest absolute Gasteiger partial charge is 0.324 e. The van der Waals surface area contributed by atoms with Crippen LogP contribution in [0.15, 0.2) is 18.2 Å². The van der Waals surface area contributed by atoms with E-state index in [0.717, 1.165) is 0 Å². The second-order valence-corrected chi connectivity index (χ2v) is 4.99. The zero-order chi connectivity index (χ0) is 11.6. The van der Waals surface area contributed by atoms with Gasteiger partial charge in [-0.2, -0.15) is 0 Å². The first-order valence-electron chi connectivity index (χ1n) is 5.82.